The summed E-state index contributed by atoms with van der Waals surface area (Å²) in [6, 6.07) is 6.34. The molecule has 0 bridgehead atoms. The number of benzene rings is 2. The van der Waals surface area contributed by atoms with Crippen LogP contribution in [0.3, 0.4) is 0 Å². The van der Waals surface area contributed by atoms with Crippen molar-refractivity contribution in [2.75, 3.05) is 0 Å². The van der Waals surface area contributed by atoms with Gasteiger partial charge in [0.15, 0.2) is 0 Å². The lowest BCUT2D eigenvalue weighted by molar-refractivity contribution is -0.114. The number of H-pyrrole nitrogens is 1. The van der Waals surface area contributed by atoms with Gasteiger partial charge in [0, 0.05) is 33.3 Å². The molecule has 0 aliphatic heterocycles. The molecule has 0 aliphatic rings. The van der Waals surface area contributed by atoms with Gasteiger partial charge in [0.25, 0.3) is 15.9 Å². The van der Waals surface area contributed by atoms with Gasteiger partial charge in [-0.1, -0.05) is 23.2 Å². The fourth-order valence-electron chi connectivity index (χ4n) is 2.56. The molecule has 5 nitrogen and oxygen atoms in total. The van der Waals surface area contributed by atoms with Crippen LogP contribution in [-0.4, -0.2) is 19.3 Å². The number of sulfonamides is 1. The smallest absolute Gasteiger partial charge is 0.264 e. The number of nitrogens with one attached hydrogen (secondary N) is 2. The SMILES string of the molecule is Cc1c[nH]c2c(C=CC(=O)NS(=O)(=O)c3cc(Cl)cc(Cl)c3)cc(F)cc12. The summed E-state index contributed by atoms with van der Waals surface area (Å²) in [6.45, 7) is 1.82. The van der Waals surface area contributed by atoms with E-state index in [4.69, 9.17) is 23.2 Å². The third-order valence-corrected chi connectivity index (χ3v) is 5.55. The molecule has 0 radical (unpaired) electrons. The molecule has 1 aromatic heterocycles. The summed E-state index contributed by atoms with van der Waals surface area (Å²) in [5, 5.41) is 0.918. The molecule has 2 N–H and O–H groups in total. The van der Waals surface area contributed by atoms with Gasteiger partial charge in [0.2, 0.25) is 0 Å². The molecule has 0 saturated carbocycles. The Hall–Kier alpha value is -2.35. The average molecular weight is 427 g/mol. The molecular weight excluding hydrogens is 414 g/mol. The molecule has 0 atom stereocenters. The summed E-state index contributed by atoms with van der Waals surface area (Å²) in [4.78, 5) is 14.8. The van der Waals surface area contributed by atoms with Crippen LogP contribution in [0.15, 0.2) is 47.5 Å². The highest BCUT2D eigenvalue weighted by Gasteiger charge is 2.17. The topological polar surface area (TPSA) is 79.0 Å². The molecule has 140 valence electrons. The molecular formula is C18H13Cl2FN2O3S. The number of hydrogen-bond acceptors (Lipinski definition) is 3. The lowest BCUT2D eigenvalue weighted by atomic mass is 10.1. The van der Waals surface area contributed by atoms with E-state index in [2.05, 4.69) is 4.98 Å². The van der Waals surface area contributed by atoms with E-state index in [1.165, 1.54) is 36.4 Å². The van der Waals surface area contributed by atoms with Crippen molar-refractivity contribution in [2.24, 2.45) is 0 Å². The molecule has 0 aliphatic carbocycles. The van der Waals surface area contributed by atoms with E-state index in [9.17, 15) is 17.6 Å². The summed E-state index contributed by atoms with van der Waals surface area (Å²) in [6.07, 6.45) is 4.06. The molecule has 27 heavy (non-hydrogen) atoms. The number of halogens is 3. The molecule has 0 spiro atoms. The Labute approximate surface area is 164 Å². The van der Waals surface area contributed by atoms with E-state index in [1.807, 2.05) is 11.6 Å². The van der Waals surface area contributed by atoms with E-state index < -0.39 is 21.7 Å². The zero-order valence-electron chi connectivity index (χ0n) is 13.9. The molecule has 3 rings (SSSR count). The maximum absolute atomic E-state index is 13.8. The second kappa shape index (κ2) is 7.34. The van der Waals surface area contributed by atoms with E-state index >= 15 is 0 Å². The predicted octanol–water partition coefficient (Wildman–Crippen LogP) is 4.44. The van der Waals surface area contributed by atoms with E-state index in [0.717, 1.165) is 11.6 Å². The normalized spacial score (nSPS) is 12.0. The Balaban J connectivity index is 1.85. The highest BCUT2D eigenvalue weighted by molar-refractivity contribution is 7.90. The Morgan fingerprint density at radius 3 is 2.48 bits per heavy atom. The van der Waals surface area contributed by atoms with Gasteiger partial charge >= 0.3 is 0 Å². The van der Waals surface area contributed by atoms with Crippen molar-refractivity contribution in [3.8, 4) is 0 Å². The second-order valence-corrected chi connectivity index (χ2v) is 8.35. The summed E-state index contributed by atoms with van der Waals surface area (Å²) in [5.41, 5.74) is 1.91. The Kier molecular flexibility index (Phi) is 5.28. The number of carbonyl (C=O) groups excluding carboxylic acids is 1. The predicted molar refractivity (Wildman–Crippen MR) is 104 cm³/mol. The van der Waals surface area contributed by atoms with Gasteiger partial charge in [-0.25, -0.2) is 17.5 Å². The van der Waals surface area contributed by atoms with Crippen molar-refractivity contribution in [2.45, 2.75) is 11.8 Å². The largest absolute Gasteiger partial charge is 0.360 e. The van der Waals surface area contributed by atoms with Gasteiger partial charge in [-0.05, 0) is 48.9 Å². The number of aryl methyl sites for hydroxylation is 1. The molecule has 1 amide bonds. The minimum atomic E-state index is -4.16. The molecule has 1 heterocycles. The van der Waals surface area contributed by atoms with E-state index in [-0.39, 0.29) is 14.9 Å². The van der Waals surface area contributed by atoms with Crippen LogP contribution >= 0.6 is 23.2 Å². The van der Waals surface area contributed by atoms with Crippen LogP contribution in [0.25, 0.3) is 17.0 Å². The summed E-state index contributed by atoms with van der Waals surface area (Å²) in [7, 11) is -4.16. The highest BCUT2D eigenvalue weighted by atomic mass is 35.5. The van der Waals surface area contributed by atoms with Crippen molar-refractivity contribution >= 4 is 56.1 Å². The number of aromatic nitrogens is 1. The lowest BCUT2D eigenvalue weighted by Gasteiger charge is -2.06. The zero-order chi connectivity index (χ0) is 19.8. The zero-order valence-corrected chi connectivity index (χ0v) is 16.2. The third kappa shape index (κ3) is 4.32. The van der Waals surface area contributed by atoms with E-state index in [1.54, 1.807) is 6.20 Å². The minimum Gasteiger partial charge on any atom is -0.360 e. The number of fused-ring (bicyclic) bond motifs is 1. The molecule has 0 saturated heterocycles. The number of amides is 1. The fraction of sp³-hybridized carbons (Fsp3) is 0.0556. The number of rotatable bonds is 4. The third-order valence-electron chi connectivity index (χ3n) is 3.79. The van der Waals surface area contributed by atoms with Crippen LogP contribution < -0.4 is 4.72 Å². The highest BCUT2D eigenvalue weighted by Crippen LogP contribution is 2.24. The Morgan fingerprint density at radius 2 is 1.81 bits per heavy atom. The van der Waals surface area contributed by atoms with Crippen LogP contribution in [0.2, 0.25) is 10.0 Å². The fourth-order valence-corrected chi connectivity index (χ4v) is 4.23. The van der Waals surface area contributed by atoms with Crippen LogP contribution in [-0.2, 0) is 14.8 Å². The number of hydrogen-bond donors (Lipinski definition) is 2. The molecule has 0 fully saturated rings. The maximum Gasteiger partial charge on any atom is 0.264 e. The Bertz CT molecular complexity index is 1170. The standard InChI is InChI=1S/C18H13Cl2FN2O3S/c1-10-9-22-18-11(4-14(21)8-16(10)18)2-3-17(24)23-27(25,26)15-6-12(19)5-13(20)7-15/h2-9,22H,1H3,(H,23,24). The number of carbonyl (C=O) groups is 1. The summed E-state index contributed by atoms with van der Waals surface area (Å²) in [5.74, 6) is -1.36. The van der Waals surface area contributed by atoms with Crippen molar-refractivity contribution in [3.05, 3.63) is 69.6 Å². The second-order valence-electron chi connectivity index (χ2n) is 5.80. The first-order chi connectivity index (χ1) is 12.7. The van der Waals surface area contributed by atoms with Gasteiger partial charge in [-0.3, -0.25) is 4.79 Å². The van der Waals surface area contributed by atoms with Crippen molar-refractivity contribution < 1.29 is 17.6 Å². The molecule has 9 heteroatoms. The van der Waals surface area contributed by atoms with E-state index in [0.29, 0.717) is 16.5 Å². The first kappa shape index (κ1) is 19.4. The first-order valence-electron chi connectivity index (χ1n) is 7.64. The van der Waals surface area contributed by atoms with Crippen LogP contribution in [0.4, 0.5) is 4.39 Å². The van der Waals surface area contributed by atoms with Gasteiger partial charge in [-0.2, -0.15) is 0 Å². The van der Waals surface area contributed by atoms with Crippen molar-refractivity contribution in [1.29, 1.82) is 0 Å². The molecule has 3 aromatic rings. The lowest BCUT2D eigenvalue weighted by Crippen LogP contribution is -2.29. The van der Waals surface area contributed by atoms with Crippen LogP contribution in [0, 0.1) is 12.7 Å². The average Bonchev–Trinajstić information content (AvgIpc) is 2.92. The molecule has 0 unspecified atom stereocenters. The van der Waals surface area contributed by atoms with Crippen molar-refractivity contribution in [3.63, 3.8) is 0 Å². The monoisotopic (exact) mass is 426 g/mol. The quantitative estimate of drug-likeness (QED) is 0.605. The maximum atomic E-state index is 13.8. The summed E-state index contributed by atoms with van der Waals surface area (Å²) >= 11 is 11.6. The van der Waals surface area contributed by atoms with Crippen LogP contribution in [0.1, 0.15) is 11.1 Å². The number of aromatic amines is 1. The van der Waals surface area contributed by atoms with Gasteiger partial charge in [0.05, 0.1) is 10.4 Å². The summed E-state index contributed by atoms with van der Waals surface area (Å²) < 4.78 is 40.2. The Morgan fingerprint density at radius 1 is 1.15 bits per heavy atom. The molecule has 2 aromatic carbocycles. The van der Waals surface area contributed by atoms with Crippen molar-refractivity contribution in [1.82, 2.24) is 9.71 Å². The first-order valence-corrected chi connectivity index (χ1v) is 9.88. The van der Waals surface area contributed by atoms with Gasteiger partial charge in [0.1, 0.15) is 5.82 Å². The minimum absolute atomic E-state index is 0.120. The van der Waals surface area contributed by atoms with Gasteiger partial charge < -0.3 is 4.98 Å². The van der Waals surface area contributed by atoms with Crippen LogP contribution in [0.5, 0.6) is 0 Å². The van der Waals surface area contributed by atoms with Gasteiger partial charge in [-0.15, -0.1) is 0 Å².